The van der Waals surface area contributed by atoms with Gasteiger partial charge in [-0.3, -0.25) is 9.59 Å². The molecule has 0 unspecified atom stereocenters. The van der Waals surface area contributed by atoms with Crippen molar-refractivity contribution >= 4 is 29.9 Å². The summed E-state index contributed by atoms with van der Waals surface area (Å²) in [5.41, 5.74) is 6.46. The summed E-state index contributed by atoms with van der Waals surface area (Å²) in [7, 11) is 0. The number of halogens is 1. The average molecular weight is 380 g/mol. The lowest BCUT2D eigenvalue weighted by Gasteiger charge is -2.28. The van der Waals surface area contributed by atoms with Crippen LogP contribution in [0.5, 0.6) is 0 Å². The zero-order chi connectivity index (χ0) is 18.9. The maximum Gasteiger partial charge on any atom is 0.254 e. The van der Waals surface area contributed by atoms with Crippen LogP contribution in [0.25, 0.3) is 0 Å². The monoisotopic (exact) mass is 379 g/mol. The second kappa shape index (κ2) is 11.5. The van der Waals surface area contributed by atoms with E-state index in [-0.39, 0.29) is 24.2 Å². The van der Waals surface area contributed by atoms with Crippen LogP contribution in [0.15, 0.2) is 49.6 Å². The summed E-state index contributed by atoms with van der Waals surface area (Å²) in [6, 6.07) is 6.88. The minimum absolute atomic E-state index is 0. The van der Waals surface area contributed by atoms with Gasteiger partial charge in [0.05, 0.1) is 5.41 Å². The largest absolute Gasteiger partial charge is 0.331 e. The van der Waals surface area contributed by atoms with Gasteiger partial charge in [-0.05, 0) is 37.1 Å². The van der Waals surface area contributed by atoms with Crippen LogP contribution in [0.1, 0.15) is 37.0 Å². The lowest BCUT2D eigenvalue weighted by Crippen LogP contribution is -2.41. The molecule has 0 aromatic heterocycles. The molecule has 5 nitrogen and oxygen atoms in total. The van der Waals surface area contributed by atoms with Crippen molar-refractivity contribution in [3.8, 4) is 0 Å². The van der Waals surface area contributed by atoms with Crippen LogP contribution in [-0.4, -0.2) is 36.3 Å². The molecule has 3 N–H and O–H groups in total. The first-order valence-corrected chi connectivity index (χ1v) is 8.60. The highest BCUT2D eigenvalue weighted by Gasteiger charge is 2.33. The maximum atomic E-state index is 12.5. The zero-order valence-corrected chi connectivity index (χ0v) is 16.5. The van der Waals surface area contributed by atoms with Crippen molar-refractivity contribution < 1.29 is 9.59 Å². The quantitative estimate of drug-likeness (QED) is 0.609. The van der Waals surface area contributed by atoms with Crippen molar-refractivity contribution in [3.63, 3.8) is 0 Å². The number of nitrogens with one attached hydrogen (secondary N) is 1. The molecular weight excluding hydrogens is 350 g/mol. The first-order valence-electron chi connectivity index (χ1n) is 8.60. The Labute approximate surface area is 162 Å². The van der Waals surface area contributed by atoms with E-state index in [1.807, 2.05) is 13.8 Å². The van der Waals surface area contributed by atoms with E-state index in [1.165, 1.54) is 0 Å². The maximum absolute atomic E-state index is 12.5. The Bertz CT molecular complexity index is 592. The molecule has 144 valence electrons. The highest BCUT2D eigenvalue weighted by molar-refractivity contribution is 5.97. The van der Waals surface area contributed by atoms with Gasteiger partial charge in [-0.15, -0.1) is 25.6 Å². The van der Waals surface area contributed by atoms with Crippen molar-refractivity contribution in [3.05, 3.63) is 55.1 Å². The molecule has 0 atom stereocenters. The Morgan fingerprint density at radius 1 is 1.12 bits per heavy atom. The van der Waals surface area contributed by atoms with E-state index in [1.54, 1.807) is 41.3 Å². The van der Waals surface area contributed by atoms with Gasteiger partial charge >= 0.3 is 0 Å². The molecule has 1 aromatic carbocycles. The Kier molecular flexibility index (Phi) is 10.6. The minimum atomic E-state index is -0.556. The fraction of sp³-hybridized carbons (Fsp3) is 0.400. The standard InChI is InChI=1S/C20H29N3O2.ClH/c1-5-13-23(14-6-2)18(24)16-9-11-17(12-10-16)22-19(25)20(7-3,8-4)15-21;/h5-6,9-12H,1-2,7-8,13-15,21H2,3-4H3,(H,22,25);1H. The van der Waals surface area contributed by atoms with E-state index in [0.717, 1.165) is 0 Å². The number of amides is 2. The van der Waals surface area contributed by atoms with Crippen molar-refractivity contribution in [2.75, 3.05) is 25.0 Å². The third-order valence-corrected chi connectivity index (χ3v) is 4.60. The van der Waals surface area contributed by atoms with Crippen LogP contribution < -0.4 is 11.1 Å². The molecule has 0 radical (unpaired) electrons. The van der Waals surface area contributed by atoms with Gasteiger partial charge in [-0.2, -0.15) is 0 Å². The van der Waals surface area contributed by atoms with E-state index < -0.39 is 5.41 Å². The van der Waals surface area contributed by atoms with Gasteiger partial charge in [0.25, 0.3) is 5.91 Å². The van der Waals surface area contributed by atoms with Crippen LogP contribution in [0.4, 0.5) is 5.69 Å². The number of hydrogen-bond donors (Lipinski definition) is 2. The highest BCUT2D eigenvalue weighted by atomic mass is 35.5. The van der Waals surface area contributed by atoms with Crippen LogP contribution in [-0.2, 0) is 4.79 Å². The molecule has 6 heteroatoms. The number of carbonyl (C=O) groups is 2. The number of nitrogens with zero attached hydrogens (tertiary/aromatic N) is 1. The summed E-state index contributed by atoms with van der Waals surface area (Å²) >= 11 is 0. The van der Waals surface area contributed by atoms with Gasteiger partial charge in [0.15, 0.2) is 0 Å². The molecule has 0 saturated carbocycles. The number of hydrogen-bond acceptors (Lipinski definition) is 3. The van der Waals surface area contributed by atoms with E-state index in [9.17, 15) is 9.59 Å². The summed E-state index contributed by atoms with van der Waals surface area (Å²) in [6.07, 6.45) is 4.72. The molecule has 2 amide bonds. The first-order chi connectivity index (χ1) is 12.0. The predicted molar refractivity (Wildman–Crippen MR) is 111 cm³/mol. The fourth-order valence-corrected chi connectivity index (χ4v) is 2.65. The summed E-state index contributed by atoms with van der Waals surface area (Å²) in [5.74, 6) is -0.185. The molecule has 1 aromatic rings. The third kappa shape index (κ3) is 5.71. The van der Waals surface area contributed by atoms with Crippen LogP contribution >= 0.6 is 12.4 Å². The molecule has 0 aliphatic carbocycles. The van der Waals surface area contributed by atoms with E-state index in [0.29, 0.717) is 43.7 Å². The van der Waals surface area contributed by atoms with E-state index >= 15 is 0 Å². The van der Waals surface area contributed by atoms with E-state index in [2.05, 4.69) is 18.5 Å². The summed E-state index contributed by atoms with van der Waals surface area (Å²) in [6.45, 7) is 12.5. The Morgan fingerprint density at radius 2 is 1.62 bits per heavy atom. The van der Waals surface area contributed by atoms with Crippen molar-refractivity contribution in [2.45, 2.75) is 26.7 Å². The topological polar surface area (TPSA) is 75.4 Å². The smallest absolute Gasteiger partial charge is 0.254 e. The molecule has 0 aliphatic rings. The SMILES string of the molecule is C=CCN(CC=C)C(=O)c1ccc(NC(=O)C(CC)(CC)CN)cc1.Cl. The van der Waals surface area contributed by atoms with Crippen LogP contribution in [0, 0.1) is 5.41 Å². The number of carbonyl (C=O) groups excluding carboxylic acids is 2. The average Bonchev–Trinajstić information content (AvgIpc) is 2.63. The fourth-order valence-electron chi connectivity index (χ4n) is 2.65. The van der Waals surface area contributed by atoms with Gasteiger partial charge < -0.3 is 16.0 Å². The van der Waals surface area contributed by atoms with Crippen molar-refractivity contribution in [1.29, 1.82) is 0 Å². The molecule has 0 heterocycles. The van der Waals surface area contributed by atoms with Crippen molar-refractivity contribution in [1.82, 2.24) is 4.90 Å². The zero-order valence-electron chi connectivity index (χ0n) is 15.7. The third-order valence-electron chi connectivity index (χ3n) is 4.60. The molecule has 26 heavy (non-hydrogen) atoms. The van der Waals surface area contributed by atoms with E-state index in [4.69, 9.17) is 5.73 Å². The Hall–Kier alpha value is -2.11. The molecule has 0 spiro atoms. The second-order valence-corrected chi connectivity index (χ2v) is 6.01. The van der Waals surface area contributed by atoms with Gasteiger partial charge in [-0.25, -0.2) is 0 Å². The Morgan fingerprint density at radius 3 is 2.00 bits per heavy atom. The van der Waals surface area contributed by atoms with Crippen molar-refractivity contribution in [2.24, 2.45) is 11.1 Å². The van der Waals surface area contributed by atoms with Crippen LogP contribution in [0.3, 0.4) is 0 Å². The summed E-state index contributed by atoms with van der Waals surface area (Å²) < 4.78 is 0. The van der Waals surface area contributed by atoms with Gasteiger partial charge in [0.2, 0.25) is 5.91 Å². The van der Waals surface area contributed by atoms with Gasteiger partial charge in [-0.1, -0.05) is 26.0 Å². The molecule has 0 fully saturated rings. The van der Waals surface area contributed by atoms with Crippen LogP contribution in [0.2, 0.25) is 0 Å². The summed E-state index contributed by atoms with van der Waals surface area (Å²) in [4.78, 5) is 26.7. The first kappa shape index (κ1) is 23.9. The lowest BCUT2D eigenvalue weighted by molar-refractivity contribution is -0.125. The molecular formula is C20H30ClN3O2. The predicted octanol–water partition coefficient (Wildman–Crippen LogP) is 3.63. The minimum Gasteiger partial charge on any atom is -0.331 e. The molecule has 0 bridgehead atoms. The second-order valence-electron chi connectivity index (χ2n) is 6.01. The summed E-state index contributed by atoms with van der Waals surface area (Å²) in [5, 5.41) is 2.91. The lowest BCUT2D eigenvalue weighted by atomic mass is 9.81. The van der Waals surface area contributed by atoms with Gasteiger partial charge in [0.1, 0.15) is 0 Å². The number of rotatable bonds is 10. The normalized spacial score (nSPS) is 10.4. The Balaban J connectivity index is 0.00000625. The number of nitrogens with two attached hydrogens (primary N) is 1. The molecule has 1 rings (SSSR count). The number of anilines is 1. The highest BCUT2D eigenvalue weighted by Crippen LogP contribution is 2.27. The van der Waals surface area contributed by atoms with Gasteiger partial charge in [0, 0.05) is 30.9 Å². The number of benzene rings is 1. The molecule has 0 saturated heterocycles. The molecule has 0 aliphatic heterocycles.